The third-order valence-corrected chi connectivity index (χ3v) is 15.0. The predicted octanol–water partition coefficient (Wildman–Crippen LogP) is 16.0. The van der Waals surface area contributed by atoms with Crippen LogP contribution in [0.25, 0.3) is 0 Å². The topological polar surface area (TPSA) is 124 Å². The van der Waals surface area contributed by atoms with E-state index in [1.165, 1.54) is 128 Å². The van der Waals surface area contributed by atoms with Crippen molar-refractivity contribution in [3.05, 3.63) is 0 Å². The highest BCUT2D eigenvalue weighted by Gasteiger charge is 2.18. The Hall–Kier alpha value is -1.86. The molecule has 0 saturated carbocycles. The van der Waals surface area contributed by atoms with E-state index in [-0.39, 0.29) is 36.8 Å². The molecular formula is C56H109N3O8S2. The van der Waals surface area contributed by atoms with Crippen LogP contribution in [0, 0.1) is 0 Å². The quantitative estimate of drug-likeness (QED) is 0.0271. The second-order valence-corrected chi connectivity index (χ2v) is 22.4. The largest absolute Gasteiger partial charge is 0.462 e. The van der Waals surface area contributed by atoms with Crippen LogP contribution in [0.1, 0.15) is 259 Å². The molecule has 0 saturated heterocycles. The molecule has 0 aromatic carbocycles. The lowest BCUT2D eigenvalue weighted by molar-refractivity contribution is -0.151. The maximum absolute atomic E-state index is 13.4. The van der Waals surface area contributed by atoms with Gasteiger partial charge in [0.15, 0.2) is 0 Å². The van der Waals surface area contributed by atoms with Gasteiger partial charge in [-0.1, -0.05) is 191 Å². The monoisotopic (exact) mass is 1020 g/mol. The molecule has 0 bridgehead atoms. The molecule has 1 N–H and O–H groups in total. The summed E-state index contributed by atoms with van der Waals surface area (Å²) < 4.78 is 23.1. The molecule has 0 radical (unpaired) electrons. The first-order valence-electron chi connectivity index (χ1n) is 28.8. The lowest BCUT2D eigenvalue weighted by Crippen LogP contribution is -2.34. The first kappa shape index (κ1) is 67.1. The molecule has 0 atom stereocenters. The normalized spacial score (nSPS) is 11.4. The molecule has 69 heavy (non-hydrogen) atoms. The lowest BCUT2D eigenvalue weighted by atomic mass is 10.0. The van der Waals surface area contributed by atoms with E-state index in [0.717, 1.165) is 96.4 Å². The fourth-order valence-electron chi connectivity index (χ4n) is 8.39. The Morgan fingerprint density at radius 3 is 1.16 bits per heavy atom. The molecule has 0 fully saturated rings. The van der Waals surface area contributed by atoms with Gasteiger partial charge in [-0.05, 0) is 91.1 Å². The van der Waals surface area contributed by atoms with Gasteiger partial charge in [0.2, 0.25) is 0 Å². The second kappa shape index (κ2) is 52.5. The van der Waals surface area contributed by atoms with E-state index in [0.29, 0.717) is 50.6 Å². The molecule has 0 aliphatic carbocycles. The van der Waals surface area contributed by atoms with Crippen LogP contribution in [-0.2, 0) is 28.5 Å². The van der Waals surface area contributed by atoms with Crippen LogP contribution in [-0.4, -0.2) is 111 Å². The van der Waals surface area contributed by atoms with Crippen LogP contribution < -0.4 is 5.32 Å². The number of amides is 2. The van der Waals surface area contributed by atoms with Crippen molar-refractivity contribution in [3.63, 3.8) is 0 Å². The van der Waals surface area contributed by atoms with Crippen LogP contribution in [0.15, 0.2) is 0 Å². The van der Waals surface area contributed by atoms with Gasteiger partial charge in [0.05, 0.1) is 0 Å². The lowest BCUT2D eigenvalue weighted by Gasteiger charge is -2.22. The number of nitrogens with one attached hydrogen (secondary N) is 1. The number of ether oxygens (including phenoxy) is 4. The number of nitrogens with zero attached hydrogens (tertiary/aromatic N) is 2. The molecule has 0 aliphatic heterocycles. The van der Waals surface area contributed by atoms with Crippen molar-refractivity contribution in [3.8, 4) is 0 Å². The van der Waals surface area contributed by atoms with Crippen molar-refractivity contribution < 1.29 is 38.1 Å². The molecule has 0 aromatic rings. The number of carbonyl (C=O) groups excluding carboxylic acids is 4. The fourth-order valence-corrected chi connectivity index (χ4v) is 10.0. The van der Waals surface area contributed by atoms with Gasteiger partial charge in [-0.15, -0.1) is 0 Å². The fraction of sp³-hybridized carbons (Fsp3) is 0.929. The summed E-state index contributed by atoms with van der Waals surface area (Å²) in [4.78, 5) is 55.1. The molecule has 2 amide bonds. The number of esters is 2. The third kappa shape index (κ3) is 48.2. The number of unbranched alkanes of at least 4 members (excludes halogenated alkanes) is 24. The number of hydrogen-bond acceptors (Lipinski definition) is 11. The molecule has 0 aromatic heterocycles. The number of likely N-dealkylation sites (N-methyl/N-ethyl adjacent to an activating group) is 1. The van der Waals surface area contributed by atoms with Crippen LogP contribution in [0.4, 0.5) is 9.59 Å². The summed E-state index contributed by atoms with van der Waals surface area (Å²) in [5.74, 6) is 1.09. The van der Waals surface area contributed by atoms with Gasteiger partial charge in [0.25, 0.3) is 0 Å². The minimum absolute atomic E-state index is 0.0213. The van der Waals surface area contributed by atoms with Gasteiger partial charge in [0.1, 0.15) is 25.4 Å². The van der Waals surface area contributed by atoms with Crippen molar-refractivity contribution in [2.45, 2.75) is 271 Å². The van der Waals surface area contributed by atoms with Crippen LogP contribution >= 0.6 is 21.6 Å². The zero-order valence-corrected chi connectivity index (χ0v) is 47.4. The molecule has 408 valence electrons. The summed E-state index contributed by atoms with van der Waals surface area (Å²) in [5.41, 5.74) is 0. The number of carbonyl (C=O) groups is 4. The van der Waals surface area contributed by atoms with Crippen molar-refractivity contribution in [2.75, 3.05) is 65.0 Å². The van der Waals surface area contributed by atoms with E-state index in [1.807, 2.05) is 19.0 Å². The van der Waals surface area contributed by atoms with Gasteiger partial charge in [0, 0.05) is 50.5 Å². The highest BCUT2D eigenvalue weighted by Crippen LogP contribution is 2.22. The Labute approximate surface area is 433 Å². The van der Waals surface area contributed by atoms with Crippen molar-refractivity contribution in [1.29, 1.82) is 0 Å². The number of hydrogen-bond donors (Lipinski definition) is 1. The highest BCUT2D eigenvalue weighted by atomic mass is 33.1. The van der Waals surface area contributed by atoms with Gasteiger partial charge in [-0.2, -0.15) is 0 Å². The van der Waals surface area contributed by atoms with Crippen LogP contribution in [0.5, 0.6) is 0 Å². The first-order valence-corrected chi connectivity index (χ1v) is 31.3. The van der Waals surface area contributed by atoms with E-state index in [1.54, 1.807) is 26.5 Å². The molecule has 0 unspecified atom stereocenters. The highest BCUT2D eigenvalue weighted by molar-refractivity contribution is 8.76. The van der Waals surface area contributed by atoms with Crippen molar-refractivity contribution in [1.82, 2.24) is 15.1 Å². The summed E-state index contributed by atoms with van der Waals surface area (Å²) >= 11 is 0. The molecule has 0 heterocycles. The van der Waals surface area contributed by atoms with Gasteiger partial charge < -0.3 is 34.1 Å². The zero-order chi connectivity index (χ0) is 50.7. The predicted molar refractivity (Wildman–Crippen MR) is 294 cm³/mol. The van der Waals surface area contributed by atoms with Gasteiger partial charge >= 0.3 is 24.1 Å². The summed E-state index contributed by atoms with van der Waals surface area (Å²) in [6.07, 6.45) is 38.4. The minimum Gasteiger partial charge on any atom is -0.462 e. The summed E-state index contributed by atoms with van der Waals surface area (Å²) in [6.45, 7) is 12.0. The Balaban J connectivity index is 5.07. The Morgan fingerprint density at radius 2 is 0.783 bits per heavy atom. The average Bonchev–Trinajstić information content (AvgIpc) is 3.32. The Bertz CT molecular complexity index is 1080. The van der Waals surface area contributed by atoms with Crippen LogP contribution in [0.2, 0.25) is 0 Å². The summed E-state index contributed by atoms with van der Waals surface area (Å²) in [7, 11) is 7.08. The van der Waals surface area contributed by atoms with Gasteiger partial charge in [-0.25, -0.2) is 9.59 Å². The molecule has 0 spiro atoms. The smallest absolute Gasteiger partial charge is 0.409 e. The standard InChI is InChI=1S/C56H109N3O8S2/c1-7-11-15-19-23-29-37-51(38-30-24-20-16-12-8-2)66-53(60)41-33-27-35-44-59(56(63)65-48-50-69-68-49-47-64-55(62)57-43-46-58(5)6)45-36-28-34-42-54(61)67-52(39-31-25-21-17-13-9-3)40-32-26-22-18-14-10-4/h51-52H,7-50H2,1-6H3,(H,57,62). The van der Waals surface area contributed by atoms with E-state index in [4.69, 9.17) is 18.9 Å². The molecular weight excluding hydrogens is 907 g/mol. The van der Waals surface area contributed by atoms with E-state index >= 15 is 0 Å². The average molecular weight is 1020 g/mol. The molecule has 0 aliphatic rings. The van der Waals surface area contributed by atoms with E-state index < -0.39 is 6.09 Å². The Morgan fingerprint density at radius 1 is 0.435 bits per heavy atom. The van der Waals surface area contributed by atoms with Gasteiger partial charge in [-0.3, -0.25) is 9.59 Å². The van der Waals surface area contributed by atoms with Crippen LogP contribution in [0.3, 0.4) is 0 Å². The van der Waals surface area contributed by atoms with Crippen molar-refractivity contribution >= 4 is 45.7 Å². The Kier molecular flexibility index (Phi) is 51.0. The first-order chi connectivity index (χ1) is 33.7. The molecule has 0 rings (SSSR count). The number of alkyl carbamates (subject to hydrolysis) is 1. The van der Waals surface area contributed by atoms with E-state index in [9.17, 15) is 19.2 Å². The molecule has 13 heteroatoms. The minimum atomic E-state index is -0.408. The zero-order valence-electron chi connectivity index (χ0n) is 45.7. The molecule has 11 nitrogen and oxygen atoms in total. The maximum atomic E-state index is 13.4. The summed E-state index contributed by atoms with van der Waals surface area (Å²) in [6, 6.07) is 0. The maximum Gasteiger partial charge on any atom is 0.409 e. The third-order valence-electron chi connectivity index (χ3n) is 12.7. The van der Waals surface area contributed by atoms with E-state index in [2.05, 4.69) is 33.0 Å². The van der Waals surface area contributed by atoms with Crippen molar-refractivity contribution in [2.24, 2.45) is 0 Å². The SMILES string of the molecule is CCCCCCCCC(CCCCCCCC)OC(=O)CCCCCN(CCCCCC(=O)OC(CCCCCCCC)CCCCCCCC)C(=O)OCCSSCCOC(=O)NCCN(C)C. The number of rotatable bonds is 52. The second-order valence-electron chi connectivity index (χ2n) is 19.7. The summed E-state index contributed by atoms with van der Waals surface area (Å²) in [5, 5.41) is 2.74.